The summed E-state index contributed by atoms with van der Waals surface area (Å²) in [5, 5.41) is 0.386. The number of nitrogens with zero attached hydrogens (tertiary/aromatic N) is 3. The van der Waals surface area contributed by atoms with Gasteiger partial charge >= 0.3 is 0 Å². The van der Waals surface area contributed by atoms with Crippen LogP contribution in [0, 0.1) is 0 Å². The minimum absolute atomic E-state index is 0.0297. The van der Waals surface area contributed by atoms with Crippen molar-refractivity contribution in [2.75, 3.05) is 26.2 Å². The first-order valence-electron chi connectivity index (χ1n) is 5.85. The van der Waals surface area contributed by atoms with E-state index < -0.39 is 0 Å². The van der Waals surface area contributed by atoms with E-state index in [0.717, 1.165) is 0 Å². The van der Waals surface area contributed by atoms with Gasteiger partial charge < -0.3 is 9.80 Å². The van der Waals surface area contributed by atoms with Gasteiger partial charge in [0.2, 0.25) is 5.91 Å². The molecule has 0 spiro atoms. The van der Waals surface area contributed by atoms with E-state index in [9.17, 15) is 9.59 Å². The summed E-state index contributed by atoms with van der Waals surface area (Å²) in [7, 11) is 0. The lowest BCUT2D eigenvalue weighted by molar-refractivity contribution is -0.130. The number of piperazine rings is 1. The van der Waals surface area contributed by atoms with Gasteiger partial charge in [0.15, 0.2) is 0 Å². The third kappa shape index (κ3) is 3.36. The van der Waals surface area contributed by atoms with Gasteiger partial charge in [0.25, 0.3) is 5.91 Å². The van der Waals surface area contributed by atoms with Gasteiger partial charge in [-0.1, -0.05) is 23.2 Å². The highest BCUT2D eigenvalue weighted by molar-refractivity contribution is 6.33. The van der Waals surface area contributed by atoms with Crippen molar-refractivity contribution < 1.29 is 9.59 Å². The lowest BCUT2D eigenvalue weighted by Gasteiger charge is -2.34. The number of aromatic nitrogens is 1. The van der Waals surface area contributed by atoms with Crippen LogP contribution in [0.4, 0.5) is 0 Å². The largest absolute Gasteiger partial charge is 0.339 e. The van der Waals surface area contributed by atoms with Crippen molar-refractivity contribution in [1.82, 2.24) is 14.8 Å². The molecule has 1 aliphatic heterocycles. The smallest absolute Gasteiger partial charge is 0.254 e. The summed E-state index contributed by atoms with van der Waals surface area (Å²) >= 11 is 11.6. The van der Waals surface area contributed by atoms with Gasteiger partial charge in [0, 0.05) is 38.7 Å². The van der Waals surface area contributed by atoms with Gasteiger partial charge in [0.1, 0.15) is 10.3 Å². The van der Waals surface area contributed by atoms with Crippen LogP contribution in [-0.2, 0) is 4.79 Å². The van der Waals surface area contributed by atoms with Crippen LogP contribution < -0.4 is 0 Å². The van der Waals surface area contributed by atoms with Crippen molar-refractivity contribution in [2.45, 2.75) is 6.92 Å². The Balaban J connectivity index is 2.07. The quantitative estimate of drug-likeness (QED) is 0.742. The Labute approximate surface area is 121 Å². The fourth-order valence-corrected chi connectivity index (χ4v) is 2.46. The van der Waals surface area contributed by atoms with E-state index in [1.165, 1.54) is 19.1 Å². The van der Waals surface area contributed by atoms with Crippen molar-refractivity contribution in [3.8, 4) is 0 Å². The predicted molar refractivity (Wildman–Crippen MR) is 72.4 cm³/mol. The zero-order valence-electron chi connectivity index (χ0n) is 10.4. The van der Waals surface area contributed by atoms with Crippen LogP contribution in [0.1, 0.15) is 17.3 Å². The highest BCUT2D eigenvalue weighted by Crippen LogP contribution is 2.17. The highest BCUT2D eigenvalue weighted by Gasteiger charge is 2.23. The van der Waals surface area contributed by atoms with Crippen molar-refractivity contribution in [2.24, 2.45) is 0 Å². The molecule has 0 atom stereocenters. The van der Waals surface area contributed by atoms with Crippen LogP contribution in [0.15, 0.2) is 12.1 Å². The monoisotopic (exact) mass is 301 g/mol. The van der Waals surface area contributed by atoms with Crippen LogP contribution in [0.5, 0.6) is 0 Å². The van der Waals surface area contributed by atoms with E-state index in [2.05, 4.69) is 4.98 Å². The first-order valence-corrected chi connectivity index (χ1v) is 6.61. The second-order valence-electron chi connectivity index (χ2n) is 4.30. The van der Waals surface area contributed by atoms with Gasteiger partial charge in [0.05, 0.1) is 0 Å². The fraction of sp³-hybridized carbons (Fsp3) is 0.417. The third-order valence-corrected chi connectivity index (χ3v) is 3.41. The number of carbonyl (C=O) groups is 2. The van der Waals surface area contributed by atoms with Gasteiger partial charge in [-0.15, -0.1) is 0 Å². The molecule has 0 aliphatic carbocycles. The van der Waals surface area contributed by atoms with E-state index in [-0.39, 0.29) is 22.1 Å². The first-order chi connectivity index (χ1) is 8.97. The van der Waals surface area contributed by atoms with Crippen LogP contribution in [0.25, 0.3) is 0 Å². The number of hydrogen-bond acceptors (Lipinski definition) is 3. The molecule has 1 aromatic rings. The molecule has 1 saturated heterocycles. The van der Waals surface area contributed by atoms with Crippen molar-refractivity contribution in [1.29, 1.82) is 0 Å². The molecule has 5 nitrogen and oxygen atoms in total. The molecule has 2 heterocycles. The molecule has 19 heavy (non-hydrogen) atoms. The molecule has 7 heteroatoms. The van der Waals surface area contributed by atoms with Crippen LogP contribution >= 0.6 is 23.2 Å². The Morgan fingerprint density at radius 1 is 1.05 bits per heavy atom. The van der Waals surface area contributed by atoms with Crippen LogP contribution in [0.3, 0.4) is 0 Å². The Morgan fingerprint density at radius 3 is 2.00 bits per heavy atom. The lowest BCUT2D eigenvalue weighted by Crippen LogP contribution is -2.50. The number of amides is 2. The van der Waals surface area contributed by atoms with Gasteiger partial charge in [-0.25, -0.2) is 4.98 Å². The molecule has 0 aromatic carbocycles. The summed E-state index contributed by atoms with van der Waals surface area (Å²) in [5.74, 6) is -0.114. The number of halogens is 2. The second-order valence-corrected chi connectivity index (χ2v) is 5.07. The first kappa shape index (κ1) is 14.1. The van der Waals surface area contributed by atoms with E-state index >= 15 is 0 Å². The fourth-order valence-electron chi connectivity index (χ4n) is 2.00. The van der Waals surface area contributed by atoms with Crippen molar-refractivity contribution in [3.63, 3.8) is 0 Å². The second kappa shape index (κ2) is 5.75. The SMILES string of the molecule is CC(=O)N1CCN(C(=O)c2cc(Cl)nc(Cl)c2)CC1. The normalized spacial score (nSPS) is 15.5. The number of hydrogen-bond donors (Lipinski definition) is 0. The van der Waals surface area contributed by atoms with E-state index in [0.29, 0.717) is 31.7 Å². The van der Waals surface area contributed by atoms with E-state index in [4.69, 9.17) is 23.2 Å². The van der Waals surface area contributed by atoms with Gasteiger partial charge in [-0.2, -0.15) is 0 Å². The van der Waals surface area contributed by atoms with Gasteiger partial charge in [-0.3, -0.25) is 9.59 Å². The zero-order valence-corrected chi connectivity index (χ0v) is 11.9. The Morgan fingerprint density at radius 2 is 1.53 bits per heavy atom. The van der Waals surface area contributed by atoms with Crippen molar-refractivity contribution in [3.05, 3.63) is 28.0 Å². The Bertz CT molecular complexity index is 493. The molecule has 1 aliphatic rings. The highest BCUT2D eigenvalue weighted by atomic mass is 35.5. The Hall–Kier alpha value is -1.33. The predicted octanol–water partition coefficient (Wildman–Crippen LogP) is 1.69. The maximum Gasteiger partial charge on any atom is 0.254 e. The molecule has 0 N–H and O–H groups in total. The zero-order chi connectivity index (χ0) is 14.0. The molecule has 1 aromatic heterocycles. The third-order valence-electron chi connectivity index (χ3n) is 3.02. The average Bonchev–Trinajstić information content (AvgIpc) is 2.37. The molecule has 0 radical (unpaired) electrons. The number of pyridine rings is 1. The molecule has 0 bridgehead atoms. The topological polar surface area (TPSA) is 53.5 Å². The van der Waals surface area contributed by atoms with E-state index in [1.807, 2.05) is 0 Å². The lowest BCUT2D eigenvalue weighted by atomic mass is 10.2. The molecule has 1 fully saturated rings. The maximum atomic E-state index is 12.3. The summed E-state index contributed by atoms with van der Waals surface area (Å²) < 4.78 is 0. The standard InChI is InChI=1S/C12H13Cl2N3O2/c1-8(18)16-2-4-17(5-3-16)12(19)9-6-10(13)15-11(14)7-9/h6-7H,2-5H2,1H3. The molecular weight excluding hydrogens is 289 g/mol. The molecule has 2 rings (SSSR count). The summed E-state index contributed by atoms with van der Waals surface area (Å²) in [4.78, 5) is 30.7. The molecule has 102 valence electrons. The molecule has 0 saturated carbocycles. The summed E-state index contributed by atoms with van der Waals surface area (Å²) in [6.45, 7) is 3.65. The summed E-state index contributed by atoms with van der Waals surface area (Å²) in [5.41, 5.74) is 0.418. The Kier molecular flexibility index (Phi) is 4.27. The molecule has 2 amide bonds. The number of carbonyl (C=O) groups excluding carboxylic acids is 2. The van der Waals surface area contributed by atoms with Gasteiger partial charge in [-0.05, 0) is 12.1 Å². The molecular formula is C12H13Cl2N3O2. The molecule has 0 unspecified atom stereocenters. The number of rotatable bonds is 1. The van der Waals surface area contributed by atoms with Crippen molar-refractivity contribution >= 4 is 35.0 Å². The minimum Gasteiger partial charge on any atom is -0.339 e. The van der Waals surface area contributed by atoms with Crippen LogP contribution in [0.2, 0.25) is 10.3 Å². The summed E-state index contributed by atoms with van der Waals surface area (Å²) in [6.07, 6.45) is 0. The minimum atomic E-state index is -0.144. The van der Waals surface area contributed by atoms with Crippen LogP contribution in [-0.4, -0.2) is 52.8 Å². The average molecular weight is 302 g/mol. The van der Waals surface area contributed by atoms with E-state index in [1.54, 1.807) is 9.80 Å². The summed E-state index contributed by atoms with van der Waals surface area (Å²) in [6, 6.07) is 2.99. The maximum absolute atomic E-state index is 12.3.